The molecule has 4 heteroatoms. The number of nitrogens with two attached hydrogens (primary N) is 1. The van der Waals surface area contributed by atoms with Crippen LogP contribution in [-0.2, 0) is 0 Å². The number of rotatable bonds is 4. The van der Waals surface area contributed by atoms with Crippen LogP contribution in [0.25, 0.3) is 0 Å². The van der Waals surface area contributed by atoms with Crippen molar-refractivity contribution in [3.05, 3.63) is 29.6 Å². The van der Waals surface area contributed by atoms with Gasteiger partial charge in [0.15, 0.2) is 0 Å². The number of benzene rings is 1. The maximum Gasteiger partial charge on any atom is 0.248 e. The smallest absolute Gasteiger partial charge is 0.248 e. The van der Waals surface area contributed by atoms with E-state index in [-0.39, 0.29) is 11.9 Å². The fraction of sp³-hybridized carbons (Fsp3) is 0.562. The molecule has 1 amide bonds. The molecule has 1 aromatic rings. The van der Waals surface area contributed by atoms with Crippen molar-refractivity contribution >= 4 is 11.6 Å². The average Bonchev–Trinajstić information content (AvgIpc) is 2.41. The normalized spacial score (nSPS) is 22.8. The number of hydrogen-bond acceptors (Lipinski definition) is 2. The molecular formula is C16H23FN2O. The predicted molar refractivity (Wildman–Crippen MR) is 79.1 cm³/mol. The Morgan fingerprint density at radius 2 is 2.05 bits per heavy atom. The average molecular weight is 278 g/mol. The van der Waals surface area contributed by atoms with Crippen molar-refractivity contribution in [2.24, 2.45) is 17.6 Å². The Morgan fingerprint density at radius 1 is 1.35 bits per heavy atom. The van der Waals surface area contributed by atoms with Crippen LogP contribution in [0.1, 0.15) is 49.9 Å². The molecule has 2 atom stereocenters. The lowest BCUT2D eigenvalue weighted by molar-refractivity contribution is 0.100. The molecular weight excluding hydrogens is 255 g/mol. The van der Waals surface area contributed by atoms with Gasteiger partial charge in [0.1, 0.15) is 5.82 Å². The molecule has 3 nitrogen and oxygen atoms in total. The molecule has 1 aromatic carbocycles. The summed E-state index contributed by atoms with van der Waals surface area (Å²) in [6, 6.07) is 4.50. The van der Waals surface area contributed by atoms with Crippen molar-refractivity contribution in [1.82, 2.24) is 0 Å². The van der Waals surface area contributed by atoms with Crippen molar-refractivity contribution in [1.29, 1.82) is 0 Å². The zero-order valence-corrected chi connectivity index (χ0v) is 12.2. The van der Waals surface area contributed by atoms with Gasteiger partial charge in [0.05, 0.1) is 5.69 Å². The van der Waals surface area contributed by atoms with Gasteiger partial charge < -0.3 is 11.1 Å². The van der Waals surface area contributed by atoms with Crippen LogP contribution in [0.2, 0.25) is 0 Å². The van der Waals surface area contributed by atoms with Gasteiger partial charge in [-0.15, -0.1) is 0 Å². The van der Waals surface area contributed by atoms with Crippen LogP contribution >= 0.6 is 0 Å². The molecule has 1 aliphatic carbocycles. The highest BCUT2D eigenvalue weighted by atomic mass is 19.1. The first kappa shape index (κ1) is 14.8. The van der Waals surface area contributed by atoms with Gasteiger partial charge in [0, 0.05) is 11.6 Å². The lowest BCUT2D eigenvalue weighted by Crippen LogP contribution is -2.35. The number of nitrogens with one attached hydrogen (secondary N) is 1. The molecule has 0 aliphatic heterocycles. The maximum absolute atomic E-state index is 13.9. The number of amides is 1. The Hall–Kier alpha value is -1.58. The molecule has 110 valence electrons. The van der Waals surface area contributed by atoms with E-state index in [1.807, 2.05) is 0 Å². The summed E-state index contributed by atoms with van der Waals surface area (Å²) < 4.78 is 13.9. The highest BCUT2D eigenvalue weighted by Crippen LogP contribution is 2.33. The zero-order valence-electron chi connectivity index (χ0n) is 12.2. The van der Waals surface area contributed by atoms with Crippen LogP contribution in [0.5, 0.6) is 0 Å². The third kappa shape index (κ3) is 3.30. The number of hydrogen-bond donors (Lipinski definition) is 2. The molecule has 0 saturated heterocycles. The number of carbonyl (C=O) groups is 1. The fourth-order valence-corrected chi connectivity index (χ4v) is 3.13. The van der Waals surface area contributed by atoms with Gasteiger partial charge in [-0.1, -0.05) is 26.7 Å². The van der Waals surface area contributed by atoms with Gasteiger partial charge in [-0.25, -0.2) is 4.39 Å². The molecule has 1 fully saturated rings. The molecule has 0 aromatic heterocycles. The van der Waals surface area contributed by atoms with E-state index in [1.165, 1.54) is 31.0 Å². The third-order valence-electron chi connectivity index (χ3n) is 4.27. The Bertz CT molecular complexity index is 487. The minimum absolute atomic E-state index is 0.265. The fourth-order valence-electron chi connectivity index (χ4n) is 3.13. The van der Waals surface area contributed by atoms with Crippen molar-refractivity contribution in [2.75, 3.05) is 5.32 Å². The molecule has 0 heterocycles. The molecule has 3 N–H and O–H groups in total. The van der Waals surface area contributed by atoms with Gasteiger partial charge in [-0.3, -0.25) is 4.79 Å². The summed E-state index contributed by atoms with van der Waals surface area (Å²) >= 11 is 0. The topological polar surface area (TPSA) is 55.1 Å². The van der Waals surface area contributed by atoms with Crippen LogP contribution in [0, 0.1) is 17.7 Å². The lowest BCUT2D eigenvalue weighted by Gasteiger charge is -2.35. The second-order valence-electron chi connectivity index (χ2n) is 6.00. The molecule has 0 radical (unpaired) electrons. The first-order valence-corrected chi connectivity index (χ1v) is 7.35. The van der Waals surface area contributed by atoms with E-state index in [0.717, 1.165) is 12.8 Å². The highest BCUT2D eigenvalue weighted by molar-refractivity contribution is 5.93. The lowest BCUT2D eigenvalue weighted by atomic mass is 9.77. The van der Waals surface area contributed by atoms with E-state index in [9.17, 15) is 9.18 Å². The second kappa shape index (κ2) is 6.25. The van der Waals surface area contributed by atoms with Crippen LogP contribution in [0.3, 0.4) is 0 Å². The quantitative estimate of drug-likeness (QED) is 0.885. The Kier molecular flexibility index (Phi) is 4.63. The minimum Gasteiger partial charge on any atom is -0.380 e. The van der Waals surface area contributed by atoms with Crippen LogP contribution in [-0.4, -0.2) is 11.9 Å². The van der Waals surface area contributed by atoms with E-state index in [1.54, 1.807) is 0 Å². The maximum atomic E-state index is 13.9. The van der Waals surface area contributed by atoms with Crippen LogP contribution < -0.4 is 11.1 Å². The summed E-state index contributed by atoms with van der Waals surface area (Å²) in [5, 5.41) is 3.29. The van der Waals surface area contributed by atoms with Gasteiger partial charge >= 0.3 is 0 Å². The monoisotopic (exact) mass is 278 g/mol. The van der Waals surface area contributed by atoms with Gasteiger partial charge in [-0.05, 0) is 42.9 Å². The number of primary amides is 1. The molecule has 2 unspecified atom stereocenters. The summed E-state index contributed by atoms with van der Waals surface area (Å²) in [5.41, 5.74) is 5.98. The zero-order chi connectivity index (χ0) is 14.7. The standard InChI is InChI=1S/C16H23FN2O/c1-10(2)12-5-3-4-6-14(12)19-15-9-11(16(18)20)7-8-13(15)17/h7-10,12,14,19H,3-6H2,1-2H3,(H2,18,20). The number of anilines is 1. The largest absolute Gasteiger partial charge is 0.380 e. The number of carbonyl (C=O) groups excluding carboxylic acids is 1. The summed E-state index contributed by atoms with van der Waals surface area (Å²) in [7, 11) is 0. The van der Waals surface area contributed by atoms with E-state index >= 15 is 0 Å². The van der Waals surface area contributed by atoms with E-state index < -0.39 is 5.91 Å². The molecule has 1 saturated carbocycles. The summed E-state index contributed by atoms with van der Waals surface area (Å²) in [5.74, 6) is 0.246. The first-order chi connectivity index (χ1) is 9.49. The molecule has 20 heavy (non-hydrogen) atoms. The molecule has 2 rings (SSSR count). The van der Waals surface area contributed by atoms with Crippen LogP contribution in [0.4, 0.5) is 10.1 Å². The van der Waals surface area contributed by atoms with Crippen LogP contribution in [0.15, 0.2) is 18.2 Å². The van der Waals surface area contributed by atoms with Gasteiger partial charge in [0.2, 0.25) is 5.91 Å². The first-order valence-electron chi connectivity index (χ1n) is 7.35. The summed E-state index contributed by atoms with van der Waals surface area (Å²) in [6.45, 7) is 4.42. The van der Waals surface area contributed by atoms with Crippen molar-refractivity contribution in [3.8, 4) is 0 Å². The van der Waals surface area contributed by atoms with Crippen molar-refractivity contribution < 1.29 is 9.18 Å². The van der Waals surface area contributed by atoms with Gasteiger partial charge in [0.25, 0.3) is 0 Å². The SMILES string of the molecule is CC(C)C1CCCCC1Nc1cc(C(N)=O)ccc1F. The highest BCUT2D eigenvalue weighted by Gasteiger charge is 2.28. The predicted octanol–water partition coefficient (Wildman–Crippen LogP) is 3.55. The van der Waals surface area contributed by atoms with E-state index in [2.05, 4.69) is 19.2 Å². The van der Waals surface area contributed by atoms with Crippen molar-refractivity contribution in [2.45, 2.75) is 45.6 Å². The molecule has 1 aliphatic rings. The Labute approximate surface area is 119 Å². The summed E-state index contributed by atoms with van der Waals surface area (Å²) in [4.78, 5) is 11.2. The molecule has 0 spiro atoms. The van der Waals surface area contributed by atoms with E-state index in [4.69, 9.17) is 5.73 Å². The van der Waals surface area contributed by atoms with Gasteiger partial charge in [-0.2, -0.15) is 0 Å². The minimum atomic E-state index is -0.530. The van der Waals surface area contributed by atoms with Crippen molar-refractivity contribution in [3.63, 3.8) is 0 Å². The Morgan fingerprint density at radius 3 is 2.70 bits per heavy atom. The molecule has 0 bridgehead atoms. The summed E-state index contributed by atoms with van der Waals surface area (Å²) in [6.07, 6.45) is 4.62. The number of halogens is 1. The second-order valence-corrected chi connectivity index (χ2v) is 6.00. The van der Waals surface area contributed by atoms with E-state index in [0.29, 0.717) is 23.1 Å². The third-order valence-corrected chi connectivity index (χ3v) is 4.27. The Balaban J connectivity index is 2.19.